The van der Waals surface area contributed by atoms with Crippen molar-refractivity contribution in [1.29, 1.82) is 0 Å². The van der Waals surface area contributed by atoms with E-state index in [9.17, 15) is 4.79 Å². The molecule has 0 radical (unpaired) electrons. The van der Waals surface area contributed by atoms with Crippen molar-refractivity contribution in [2.45, 2.75) is 18.9 Å². The van der Waals surface area contributed by atoms with Gasteiger partial charge in [0.05, 0.1) is 11.9 Å². The lowest BCUT2D eigenvalue weighted by Gasteiger charge is -2.19. The highest BCUT2D eigenvalue weighted by Gasteiger charge is 2.27. The maximum Gasteiger partial charge on any atom is 0.257 e. The molecule has 2 heterocycles. The Bertz CT molecular complexity index is 371. The zero-order valence-corrected chi connectivity index (χ0v) is 9.22. The Morgan fingerprint density at radius 2 is 2.44 bits per heavy atom. The fourth-order valence-electron chi connectivity index (χ4n) is 1.70. The predicted molar refractivity (Wildman–Crippen MR) is 61.0 cm³/mol. The average molecular weight is 221 g/mol. The van der Waals surface area contributed by atoms with E-state index in [1.807, 2.05) is 0 Å². The van der Waals surface area contributed by atoms with Crippen LogP contribution < -0.4 is 10.6 Å². The Labute approximate surface area is 94.2 Å². The van der Waals surface area contributed by atoms with Crippen molar-refractivity contribution < 1.29 is 9.53 Å². The SMILES string of the molecule is CN(C(=O)C1CCCO1)c1ccc(N)cn1. The van der Waals surface area contributed by atoms with Gasteiger partial charge in [-0.25, -0.2) is 4.98 Å². The van der Waals surface area contributed by atoms with Gasteiger partial charge in [0.15, 0.2) is 0 Å². The zero-order chi connectivity index (χ0) is 11.5. The van der Waals surface area contributed by atoms with E-state index in [1.165, 1.54) is 11.1 Å². The third-order valence-corrected chi connectivity index (χ3v) is 2.65. The molecule has 5 heteroatoms. The maximum absolute atomic E-state index is 12.0. The molecule has 1 saturated heterocycles. The van der Waals surface area contributed by atoms with Crippen molar-refractivity contribution in [2.75, 3.05) is 24.3 Å². The monoisotopic (exact) mass is 221 g/mol. The molecule has 16 heavy (non-hydrogen) atoms. The first-order chi connectivity index (χ1) is 7.68. The van der Waals surface area contributed by atoms with Gasteiger partial charge < -0.3 is 10.5 Å². The number of carbonyl (C=O) groups is 1. The van der Waals surface area contributed by atoms with Crippen LogP contribution in [0.2, 0.25) is 0 Å². The smallest absolute Gasteiger partial charge is 0.257 e. The van der Waals surface area contributed by atoms with Crippen molar-refractivity contribution in [1.82, 2.24) is 4.98 Å². The topological polar surface area (TPSA) is 68.5 Å². The molecule has 1 aromatic rings. The normalized spacial score (nSPS) is 19.7. The third-order valence-electron chi connectivity index (χ3n) is 2.65. The second kappa shape index (κ2) is 4.49. The van der Waals surface area contributed by atoms with Crippen LogP contribution in [-0.4, -0.2) is 30.6 Å². The Morgan fingerprint density at radius 1 is 1.62 bits per heavy atom. The molecule has 0 bridgehead atoms. The summed E-state index contributed by atoms with van der Waals surface area (Å²) in [5, 5.41) is 0. The highest BCUT2D eigenvalue weighted by molar-refractivity contribution is 5.95. The highest BCUT2D eigenvalue weighted by Crippen LogP contribution is 2.18. The lowest BCUT2D eigenvalue weighted by Crippen LogP contribution is -2.36. The molecule has 1 aliphatic rings. The Hall–Kier alpha value is -1.62. The molecular weight excluding hydrogens is 206 g/mol. The van der Waals surface area contributed by atoms with Crippen molar-refractivity contribution >= 4 is 17.4 Å². The van der Waals surface area contributed by atoms with Gasteiger partial charge in [-0.2, -0.15) is 0 Å². The predicted octanol–water partition coefficient (Wildman–Crippen LogP) is 0.806. The van der Waals surface area contributed by atoms with Crippen molar-refractivity contribution in [3.8, 4) is 0 Å². The number of hydrogen-bond donors (Lipinski definition) is 1. The fraction of sp³-hybridized carbons (Fsp3) is 0.455. The minimum Gasteiger partial charge on any atom is -0.397 e. The lowest BCUT2D eigenvalue weighted by molar-refractivity contribution is -0.127. The van der Waals surface area contributed by atoms with Gasteiger partial charge in [0, 0.05) is 13.7 Å². The van der Waals surface area contributed by atoms with Gasteiger partial charge in [0.2, 0.25) is 0 Å². The van der Waals surface area contributed by atoms with Crippen molar-refractivity contribution in [2.24, 2.45) is 0 Å². The van der Waals surface area contributed by atoms with Gasteiger partial charge in [-0.15, -0.1) is 0 Å². The fourth-order valence-corrected chi connectivity index (χ4v) is 1.70. The van der Waals surface area contributed by atoms with Crippen LogP contribution >= 0.6 is 0 Å². The van der Waals surface area contributed by atoms with Gasteiger partial charge in [0.25, 0.3) is 5.91 Å². The highest BCUT2D eigenvalue weighted by atomic mass is 16.5. The van der Waals surface area contributed by atoms with E-state index in [2.05, 4.69) is 4.98 Å². The first-order valence-corrected chi connectivity index (χ1v) is 5.29. The van der Waals surface area contributed by atoms with E-state index < -0.39 is 0 Å². The molecule has 5 nitrogen and oxygen atoms in total. The van der Waals surface area contributed by atoms with E-state index in [1.54, 1.807) is 19.2 Å². The molecule has 1 amide bonds. The Kier molecular flexibility index (Phi) is 3.05. The first kappa shape index (κ1) is 10.9. The van der Waals surface area contributed by atoms with Gasteiger partial charge in [-0.1, -0.05) is 0 Å². The van der Waals surface area contributed by atoms with E-state index >= 15 is 0 Å². The number of rotatable bonds is 2. The molecule has 2 rings (SSSR count). The van der Waals surface area contributed by atoms with E-state index in [-0.39, 0.29) is 12.0 Å². The van der Waals surface area contributed by atoms with Crippen LogP contribution in [-0.2, 0) is 9.53 Å². The molecule has 1 atom stereocenters. The molecule has 0 spiro atoms. The van der Waals surface area contributed by atoms with E-state index in [0.717, 1.165) is 12.8 Å². The standard InChI is InChI=1S/C11H15N3O2/c1-14(10-5-4-8(12)7-13-10)11(15)9-3-2-6-16-9/h4-5,7,9H,2-3,6,12H2,1H3. The third kappa shape index (κ3) is 2.14. The van der Waals surface area contributed by atoms with Crippen LogP contribution in [0, 0.1) is 0 Å². The number of anilines is 2. The van der Waals surface area contributed by atoms with Crippen molar-refractivity contribution in [3.63, 3.8) is 0 Å². The Balaban J connectivity index is 2.08. The summed E-state index contributed by atoms with van der Waals surface area (Å²) in [6.45, 7) is 0.666. The van der Waals surface area contributed by atoms with Crippen LogP contribution in [0.5, 0.6) is 0 Å². The van der Waals surface area contributed by atoms with Gasteiger partial charge in [0.1, 0.15) is 11.9 Å². The molecule has 1 unspecified atom stereocenters. The average Bonchev–Trinajstić information content (AvgIpc) is 2.81. The summed E-state index contributed by atoms with van der Waals surface area (Å²) in [7, 11) is 1.70. The Morgan fingerprint density at radius 3 is 3.00 bits per heavy atom. The summed E-state index contributed by atoms with van der Waals surface area (Å²) in [6, 6.07) is 3.45. The van der Waals surface area contributed by atoms with Gasteiger partial charge in [-0.05, 0) is 25.0 Å². The zero-order valence-electron chi connectivity index (χ0n) is 9.22. The number of nitrogen functional groups attached to an aromatic ring is 1. The molecule has 1 fully saturated rings. The number of likely N-dealkylation sites (N-methyl/N-ethyl adjacent to an activating group) is 1. The molecule has 2 N–H and O–H groups in total. The molecular formula is C11H15N3O2. The summed E-state index contributed by atoms with van der Waals surface area (Å²) >= 11 is 0. The number of pyridine rings is 1. The quantitative estimate of drug-likeness (QED) is 0.802. The van der Waals surface area contributed by atoms with Crippen LogP contribution in [0.25, 0.3) is 0 Å². The molecule has 1 aromatic heterocycles. The molecule has 1 aliphatic heterocycles. The molecule has 0 aromatic carbocycles. The number of amides is 1. The molecule has 0 aliphatic carbocycles. The summed E-state index contributed by atoms with van der Waals surface area (Å²) in [5.74, 6) is 0.546. The first-order valence-electron chi connectivity index (χ1n) is 5.29. The minimum absolute atomic E-state index is 0.0465. The largest absolute Gasteiger partial charge is 0.397 e. The molecule has 86 valence electrons. The van der Waals surface area contributed by atoms with Gasteiger partial charge >= 0.3 is 0 Å². The van der Waals surface area contributed by atoms with Crippen LogP contribution in [0.3, 0.4) is 0 Å². The summed E-state index contributed by atoms with van der Waals surface area (Å²) in [5.41, 5.74) is 6.12. The number of carbonyl (C=O) groups excluding carboxylic acids is 1. The number of aromatic nitrogens is 1. The summed E-state index contributed by atoms with van der Waals surface area (Å²) in [6.07, 6.45) is 2.95. The minimum atomic E-state index is -0.315. The van der Waals surface area contributed by atoms with Crippen LogP contribution in [0.1, 0.15) is 12.8 Å². The maximum atomic E-state index is 12.0. The van der Waals surface area contributed by atoms with Crippen LogP contribution in [0.4, 0.5) is 11.5 Å². The van der Waals surface area contributed by atoms with E-state index in [4.69, 9.17) is 10.5 Å². The van der Waals surface area contributed by atoms with Crippen molar-refractivity contribution in [3.05, 3.63) is 18.3 Å². The number of nitrogens with zero attached hydrogens (tertiary/aromatic N) is 2. The molecule has 0 saturated carbocycles. The van der Waals surface area contributed by atoms with Crippen LogP contribution in [0.15, 0.2) is 18.3 Å². The summed E-state index contributed by atoms with van der Waals surface area (Å²) in [4.78, 5) is 17.6. The second-order valence-electron chi connectivity index (χ2n) is 3.85. The van der Waals surface area contributed by atoms with Gasteiger partial charge in [-0.3, -0.25) is 9.69 Å². The number of nitrogens with two attached hydrogens (primary N) is 1. The number of hydrogen-bond acceptors (Lipinski definition) is 4. The second-order valence-corrected chi connectivity index (χ2v) is 3.85. The number of ether oxygens (including phenoxy) is 1. The summed E-state index contributed by atoms with van der Waals surface area (Å²) < 4.78 is 5.34. The van der Waals surface area contributed by atoms with E-state index in [0.29, 0.717) is 18.1 Å². The lowest BCUT2D eigenvalue weighted by atomic mass is 10.2.